The van der Waals surface area contributed by atoms with Crippen molar-refractivity contribution in [2.45, 2.75) is 46.2 Å². The summed E-state index contributed by atoms with van der Waals surface area (Å²) in [4.78, 5) is 37.9. The molecular weight excluding hydrogens is 555 g/mol. The highest BCUT2D eigenvalue weighted by Crippen LogP contribution is 2.40. The third-order valence-electron chi connectivity index (χ3n) is 6.23. The van der Waals surface area contributed by atoms with E-state index in [1.54, 1.807) is 0 Å². The second kappa shape index (κ2) is 15.0. The number of alkyl halides is 3. The Morgan fingerprint density at radius 3 is 2.45 bits per heavy atom. The minimum absolute atomic E-state index is 0.00800. The van der Waals surface area contributed by atoms with Crippen molar-refractivity contribution in [3.63, 3.8) is 0 Å². The van der Waals surface area contributed by atoms with Gasteiger partial charge in [-0.1, -0.05) is 57.2 Å². The first kappa shape index (κ1) is 32.9. The van der Waals surface area contributed by atoms with Gasteiger partial charge in [-0.05, 0) is 42.0 Å². The summed E-state index contributed by atoms with van der Waals surface area (Å²) < 4.78 is 53.6. The normalized spacial score (nSPS) is 13.1. The highest BCUT2D eigenvalue weighted by molar-refractivity contribution is 5.98. The van der Waals surface area contributed by atoms with Gasteiger partial charge in [0.25, 0.3) is 5.91 Å². The maximum Gasteiger partial charge on any atom is 0.491 e. The summed E-state index contributed by atoms with van der Waals surface area (Å²) in [7, 11) is 0. The quantitative estimate of drug-likeness (QED) is 0.193. The van der Waals surface area contributed by atoms with E-state index >= 15 is 0 Å². The predicted molar refractivity (Wildman–Crippen MR) is 150 cm³/mol. The standard InChI is InChI=1S/C30H38F3N3O6/c1-29(2,3)20-36(25(38)13-18-40-17-12-21-7-5-4-6-8-21)16-15-34-14-11-22-9-10-23(42-28(39)30(31,32)33)26-27(22)41-19-24(37)35-26/h4-10,34H,11-20H2,1-3H3,(H,35,37). The summed E-state index contributed by atoms with van der Waals surface area (Å²) in [6.07, 6.45) is -3.71. The van der Waals surface area contributed by atoms with Gasteiger partial charge in [0.2, 0.25) is 5.91 Å². The van der Waals surface area contributed by atoms with Crippen LogP contribution in [0.25, 0.3) is 0 Å². The van der Waals surface area contributed by atoms with Crippen molar-refractivity contribution in [3.8, 4) is 11.5 Å². The van der Waals surface area contributed by atoms with Crippen molar-refractivity contribution in [3.05, 3.63) is 53.6 Å². The molecule has 3 rings (SSSR count). The van der Waals surface area contributed by atoms with E-state index in [0.717, 1.165) is 6.42 Å². The van der Waals surface area contributed by atoms with E-state index in [4.69, 9.17) is 9.47 Å². The lowest BCUT2D eigenvalue weighted by Crippen LogP contribution is -2.42. The van der Waals surface area contributed by atoms with Gasteiger partial charge in [0, 0.05) is 19.6 Å². The van der Waals surface area contributed by atoms with Crippen LogP contribution in [0.15, 0.2) is 42.5 Å². The van der Waals surface area contributed by atoms with Crippen LogP contribution in [0.5, 0.6) is 11.5 Å². The van der Waals surface area contributed by atoms with E-state index in [1.807, 2.05) is 35.2 Å². The number of anilines is 1. The number of nitrogens with zero attached hydrogens (tertiary/aromatic N) is 1. The zero-order valence-corrected chi connectivity index (χ0v) is 24.1. The molecule has 2 aromatic rings. The Bertz CT molecular complexity index is 1220. The molecule has 0 aliphatic carbocycles. The van der Waals surface area contributed by atoms with E-state index in [2.05, 4.69) is 36.1 Å². The molecule has 2 N–H and O–H groups in total. The van der Waals surface area contributed by atoms with Gasteiger partial charge in [-0.3, -0.25) is 9.59 Å². The summed E-state index contributed by atoms with van der Waals surface area (Å²) in [5.41, 5.74) is 1.58. The zero-order chi connectivity index (χ0) is 30.8. The van der Waals surface area contributed by atoms with E-state index in [0.29, 0.717) is 51.4 Å². The summed E-state index contributed by atoms with van der Waals surface area (Å²) >= 11 is 0. The molecule has 1 aliphatic rings. The molecule has 0 atom stereocenters. The number of esters is 1. The maximum absolute atomic E-state index is 13.0. The molecule has 0 fully saturated rings. The number of ether oxygens (including phenoxy) is 3. The molecule has 0 spiro atoms. The number of halogens is 3. The molecule has 9 nitrogen and oxygen atoms in total. The molecule has 12 heteroatoms. The molecule has 1 aliphatic heterocycles. The number of rotatable bonds is 14. The minimum Gasteiger partial charge on any atom is -0.481 e. The molecule has 1 heterocycles. The summed E-state index contributed by atoms with van der Waals surface area (Å²) in [5.74, 6) is -3.26. The maximum atomic E-state index is 13.0. The largest absolute Gasteiger partial charge is 0.491 e. The molecule has 0 saturated heterocycles. The predicted octanol–water partition coefficient (Wildman–Crippen LogP) is 4.14. The zero-order valence-electron chi connectivity index (χ0n) is 24.1. The van der Waals surface area contributed by atoms with Crippen LogP contribution in [-0.2, 0) is 32.0 Å². The Hall–Kier alpha value is -3.64. The highest BCUT2D eigenvalue weighted by Gasteiger charge is 2.42. The lowest BCUT2D eigenvalue weighted by molar-refractivity contribution is -0.189. The molecule has 0 radical (unpaired) electrons. The van der Waals surface area contributed by atoms with Crippen LogP contribution in [0.4, 0.5) is 18.9 Å². The number of benzene rings is 2. The first-order valence-electron chi connectivity index (χ1n) is 13.8. The molecule has 0 bridgehead atoms. The first-order valence-corrected chi connectivity index (χ1v) is 13.8. The Balaban J connectivity index is 1.49. The van der Waals surface area contributed by atoms with Crippen LogP contribution >= 0.6 is 0 Å². The molecular formula is C30H38F3N3O6. The number of hydrogen-bond acceptors (Lipinski definition) is 7. The number of carbonyl (C=O) groups excluding carboxylic acids is 3. The van der Waals surface area contributed by atoms with Gasteiger partial charge in [-0.2, -0.15) is 13.2 Å². The van der Waals surface area contributed by atoms with Crippen molar-refractivity contribution in [1.82, 2.24) is 10.2 Å². The van der Waals surface area contributed by atoms with Gasteiger partial charge in [0.1, 0.15) is 5.69 Å². The van der Waals surface area contributed by atoms with Crippen LogP contribution in [-0.4, -0.2) is 74.9 Å². The van der Waals surface area contributed by atoms with Crippen LogP contribution in [0.2, 0.25) is 0 Å². The van der Waals surface area contributed by atoms with Crippen molar-refractivity contribution >= 4 is 23.5 Å². The summed E-state index contributed by atoms with van der Waals surface area (Å²) in [6, 6.07) is 12.7. The second-order valence-electron chi connectivity index (χ2n) is 11.1. The monoisotopic (exact) mass is 593 g/mol. The van der Waals surface area contributed by atoms with E-state index in [1.165, 1.54) is 17.7 Å². The Kier molecular flexibility index (Phi) is 11.7. The number of amides is 2. The Morgan fingerprint density at radius 2 is 1.76 bits per heavy atom. The average Bonchev–Trinajstić information content (AvgIpc) is 2.92. The number of nitrogens with one attached hydrogen (secondary N) is 2. The van der Waals surface area contributed by atoms with Crippen molar-refractivity contribution in [1.29, 1.82) is 0 Å². The third kappa shape index (κ3) is 10.6. The fraction of sp³-hybridized carbons (Fsp3) is 0.500. The SMILES string of the molecule is CC(C)(C)CN(CCNCCc1ccc(OC(=O)C(F)(F)F)c2c1OCC(=O)N2)C(=O)CCOCCc1ccccc1. The molecule has 2 amide bonds. The van der Waals surface area contributed by atoms with Gasteiger partial charge in [-0.15, -0.1) is 0 Å². The molecule has 42 heavy (non-hydrogen) atoms. The number of hydrogen-bond donors (Lipinski definition) is 2. The van der Waals surface area contributed by atoms with E-state index < -0.39 is 23.8 Å². The van der Waals surface area contributed by atoms with Crippen LogP contribution < -0.4 is 20.1 Å². The van der Waals surface area contributed by atoms with Gasteiger partial charge in [-0.25, -0.2) is 4.79 Å². The molecule has 230 valence electrons. The average molecular weight is 594 g/mol. The van der Waals surface area contributed by atoms with Gasteiger partial charge in [0.05, 0.1) is 19.6 Å². The number of carbonyl (C=O) groups is 3. The fourth-order valence-corrected chi connectivity index (χ4v) is 4.32. The van der Waals surface area contributed by atoms with Gasteiger partial charge >= 0.3 is 12.1 Å². The topological polar surface area (TPSA) is 106 Å². The molecule has 0 aromatic heterocycles. The summed E-state index contributed by atoms with van der Waals surface area (Å²) in [6.45, 7) is 8.80. The van der Waals surface area contributed by atoms with Crippen LogP contribution in [0, 0.1) is 5.41 Å². The lowest BCUT2D eigenvalue weighted by Gasteiger charge is -2.30. The lowest BCUT2D eigenvalue weighted by atomic mass is 9.96. The van der Waals surface area contributed by atoms with E-state index in [9.17, 15) is 27.6 Å². The van der Waals surface area contributed by atoms with Crippen molar-refractivity contribution in [2.24, 2.45) is 5.41 Å². The smallest absolute Gasteiger partial charge is 0.481 e. The molecule has 2 aromatic carbocycles. The number of fused-ring (bicyclic) bond motifs is 1. The molecule has 0 unspecified atom stereocenters. The fourth-order valence-electron chi connectivity index (χ4n) is 4.32. The first-order chi connectivity index (χ1) is 19.8. The van der Waals surface area contributed by atoms with E-state index in [-0.39, 0.29) is 35.8 Å². The Morgan fingerprint density at radius 1 is 1.02 bits per heavy atom. The minimum atomic E-state index is -5.19. The Labute approximate surface area is 243 Å². The summed E-state index contributed by atoms with van der Waals surface area (Å²) in [5, 5.41) is 5.71. The highest BCUT2D eigenvalue weighted by atomic mass is 19.4. The second-order valence-corrected chi connectivity index (χ2v) is 11.1. The van der Waals surface area contributed by atoms with Crippen LogP contribution in [0.1, 0.15) is 38.3 Å². The van der Waals surface area contributed by atoms with Crippen LogP contribution in [0.3, 0.4) is 0 Å². The van der Waals surface area contributed by atoms with Gasteiger partial charge in [0.15, 0.2) is 18.1 Å². The van der Waals surface area contributed by atoms with Gasteiger partial charge < -0.3 is 29.7 Å². The van der Waals surface area contributed by atoms with Crippen molar-refractivity contribution in [2.75, 3.05) is 51.3 Å². The van der Waals surface area contributed by atoms with Crippen molar-refractivity contribution < 1.29 is 41.8 Å². The molecule has 0 saturated carbocycles. The third-order valence-corrected chi connectivity index (χ3v) is 6.23.